The third-order valence-corrected chi connectivity index (χ3v) is 3.28. The number of halogens is 6. The van der Waals surface area contributed by atoms with E-state index in [-0.39, 0.29) is 5.56 Å². The molecule has 0 amide bonds. The van der Waals surface area contributed by atoms with Gasteiger partial charge in [-0.3, -0.25) is 4.79 Å². The lowest BCUT2D eigenvalue weighted by Gasteiger charge is -2.16. The predicted octanol–water partition coefficient (Wildman–Crippen LogP) is 4.55. The van der Waals surface area contributed by atoms with Crippen molar-refractivity contribution in [1.82, 2.24) is 0 Å². The summed E-state index contributed by atoms with van der Waals surface area (Å²) in [4.78, 5) is 10.0. The highest BCUT2D eigenvalue weighted by atomic mass is 79.9. The lowest BCUT2D eigenvalue weighted by Crippen LogP contribution is -2.19. The molecule has 19 heavy (non-hydrogen) atoms. The summed E-state index contributed by atoms with van der Waals surface area (Å²) in [5.41, 5.74) is -0.780. The lowest BCUT2D eigenvalue weighted by atomic mass is 10.0. The van der Waals surface area contributed by atoms with Crippen LogP contribution in [0.1, 0.15) is 29.3 Å². The molecule has 0 heterocycles. The summed E-state index contributed by atoms with van der Waals surface area (Å²) in [6, 6.07) is 2.39. The molecule has 0 spiro atoms. The largest absolute Gasteiger partial charge is 0.573 e. The van der Waals surface area contributed by atoms with Crippen LogP contribution in [0.25, 0.3) is 0 Å². The Labute approximate surface area is 113 Å². The molecule has 0 fully saturated rings. The van der Waals surface area contributed by atoms with Gasteiger partial charge in [-0.05, 0) is 25.1 Å². The number of alkyl halides is 6. The van der Waals surface area contributed by atoms with Crippen LogP contribution >= 0.6 is 15.9 Å². The molecule has 0 saturated carbocycles. The van der Waals surface area contributed by atoms with Crippen molar-refractivity contribution < 1.29 is 31.5 Å². The molecule has 1 rings (SSSR count). The van der Waals surface area contributed by atoms with Gasteiger partial charge in [-0.15, -0.1) is 13.2 Å². The number of hydrogen-bond donors (Lipinski definition) is 0. The van der Waals surface area contributed by atoms with Crippen molar-refractivity contribution in [1.29, 1.82) is 0 Å². The molecular weight excluding hydrogens is 339 g/mol. The fourth-order valence-corrected chi connectivity index (χ4v) is 1.70. The number of carbonyl (C=O) groups excluding carboxylic acids is 1. The summed E-state index contributed by atoms with van der Waals surface area (Å²) in [6.45, 7) is 1.12. The zero-order chi connectivity index (χ0) is 14.8. The minimum atomic E-state index is -4.97. The molecule has 1 aromatic rings. The molecule has 0 bridgehead atoms. The van der Waals surface area contributed by atoms with Crippen molar-refractivity contribution in [3.8, 4) is 5.75 Å². The van der Waals surface area contributed by atoms with Crippen molar-refractivity contribution in [2.24, 2.45) is 0 Å². The van der Waals surface area contributed by atoms with Crippen LogP contribution in [0.3, 0.4) is 0 Å². The predicted molar refractivity (Wildman–Crippen MR) is 60.4 cm³/mol. The van der Waals surface area contributed by atoms with E-state index in [9.17, 15) is 26.7 Å². The molecule has 1 aromatic carbocycles. The van der Waals surface area contributed by atoms with Gasteiger partial charge in [0, 0.05) is 11.1 Å². The van der Waals surface area contributed by atoms with Gasteiger partial charge in [0.25, 0.3) is 6.43 Å². The van der Waals surface area contributed by atoms with E-state index in [4.69, 9.17) is 0 Å². The molecule has 0 aliphatic carbocycles. The highest BCUT2D eigenvalue weighted by molar-refractivity contribution is 9.09. The second kappa shape index (κ2) is 5.85. The first-order chi connectivity index (χ1) is 8.61. The normalized spacial score (nSPS) is 13.5. The summed E-state index contributed by atoms with van der Waals surface area (Å²) in [5.74, 6) is -1.22. The first-order valence-corrected chi connectivity index (χ1v) is 5.85. The summed E-state index contributed by atoms with van der Waals surface area (Å²) >= 11 is 2.85. The Morgan fingerprint density at radius 1 is 1.32 bits per heavy atom. The second-order valence-corrected chi connectivity index (χ2v) is 4.53. The Hall–Kier alpha value is -1.18. The van der Waals surface area contributed by atoms with Gasteiger partial charge < -0.3 is 4.74 Å². The lowest BCUT2D eigenvalue weighted by molar-refractivity contribution is -0.274. The summed E-state index contributed by atoms with van der Waals surface area (Å²) in [5, 5.41) is 0. The smallest absolute Gasteiger partial charge is 0.405 e. The van der Waals surface area contributed by atoms with Crippen LogP contribution in [0.4, 0.5) is 22.0 Å². The second-order valence-electron chi connectivity index (χ2n) is 3.62. The molecule has 0 radical (unpaired) electrons. The van der Waals surface area contributed by atoms with Crippen LogP contribution in [0.2, 0.25) is 0 Å². The third-order valence-electron chi connectivity index (χ3n) is 2.14. The first-order valence-electron chi connectivity index (χ1n) is 4.94. The monoisotopic (exact) mass is 346 g/mol. The van der Waals surface area contributed by atoms with Crippen LogP contribution in [0, 0.1) is 0 Å². The third kappa shape index (κ3) is 4.45. The molecule has 0 saturated heterocycles. The molecule has 0 aliphatic rings. The maximum absolute atomic E-state index is 12.5. The number of ether oxygens (including phenoxy) is 1. The van der Waals surface area contributed by atoms with Crippen molar-refractivity contribution in [2.75, 3.05) is 0 Å². The highest BCUT2D eigenvalue weighted by Crippen LogP contribution is 2.37. The summed E-state index contributed by atoms with van der Waals surface area (Å²) in [7, 11) is 0. The van der Waals surface area contributed by atoms with Crippen LogP contribution in [0.15, 0.2) is 18.2 Å². The zero-order valence-electron chi connectivity index (χ0n) is 9.47. The van der Waals surface area contributed by atoms with E-state index in [1.165, 1.54) is 0 Å². The van der Waals surface area contributed by atoms with E-state index in [0.717, 1.165) is 25.1 Å². The van der Waals surface area contributed by atoms with E-state index in [0.29, 0.717) is 0 Å². The van der Waals surface area contributed by atoms with Gasteiger partial charge in [0.05, 0.1) is 0 Å². The summed E-state index contributed by atoms with van der Waals surface area (Å²) in [6.07, 6.45) is -7.82. The van der Waals surface area contributed by atoms with Gasteiger partial charge in [-0.2, -0.15) is 0 Å². The van der Waals surface area contributed by atoms with Gasteiger partial charge in [0.15, 0.2) is 0 Å². The number of benzene rings is 1. The summed E-state index contributed by atoms with van der Waals surface area (Å²) < 4.78 is 65.3. The van der Waals surface area contributed by atoms with Crippen LogP contribution < -0.4 is 4.74 Å². The van der Waals surface area contributed by atoms with Crippen molar-refractivity contribution in [3.63, 3.8) is 0 Å². The highest BCUT2D eigenvalue weighted by Gasteiger charge is 2.33. The molecule has 0 aliphatic heterocycles. The fraction of sp³-hybridized carbons (Fsp3) is 0.364. The van der Waals surface area contributed by atoms with Crippen LogP contribution in [-0.2, 0) is 4.79 Å². The SMILES string of the molecule is CC(=O)C(Br)c1cc(C(F)F)ccc1OC(F)(F)F. The average Bonchev–Trinajstić information content (AvgIpc) is 2.26. The van der Waals surface area contributed by atoms with Gasteiger partial charge in [0.2, 0.25) is 0 Å². The van der Waals surface area contributed by atoms with Crippen molar-refractivity contribution in [3.05, 3.63) is 29.3 Å². The van der Waals surface area contributed by atoms with Crippen molar-refractivity contribution >= 4 is 21.7 Å². The van der Waals surface area contributed by atoms with E-state index in [1.807, 2.05) is 0 Å². The van der Waals surface area contributed by atoms with Gasteiger partial charge >= 0.3 is 6.36 Å². The van der Waals surface area contributed by atoms with Gasteiger partial charge in [-0.1, -0.05) is 15.9 Å². The number of ketones is 1. The van der Waals surface area contributed by atoms with Crippen LogP contribution in [-0.4, -0.2) is 12.1 Å². The average molecular weight is 347 g/mol. The van der Waals surface area contributed by atoms with E-state index in [1.54, 1.807) is 0 Å². The Morgan fingerprint density at radius 3 is 2.32 bits per heavy atom. The standard InChI is InChI=1S/C11H8BrF5O2/c1-5(18)9(12)7-4-6(10(13)14)2-3-8(7)19-11(15,16)17/h2-4,9-10H,1H3. The van der Waals surface area contributed by atoms with Gasteiger partial charge in [0.1, 0.15) is 16.4 Å². The van der Waals surface area contributed by atoms with E-state index >= 15 is 0 Å². The van der Waals surface area contributed by atoms with E-state index < -0.39 is 34.7 Å². The molecule has 8 heteroatoms. The molecule has 106 valence electrons. The molecular formula is C11H8BrF5O2. The van der Waals surface area contributed by atoms with Gasteiger partial charge in [-0.25, -0.2) is 8.78 Å². The Morgan fingerprint density at radius 2 is 1.89 bits per heavy atom. The minimum Gasteiger partial charge on any atom is -0.405 e. The number of carbonyl (C=O) groups is 1. The maximum Gasteiger partial charge on any atom is 0.573 e. The zero-order valence-corrected chi connectivity index (χ0v) is 11.1. The first kappa shape index (κ1) is 15.9. The number of hydrogen-bond acceptors (Lipinski definition) is 2. The van der Waals surface area contributed by atoms with Crippen LogP contribution in [0.5, 0.6) is 5.75 Å². The number of Topliss-reactive ketones (excluding diaryl/α,β-unsaturated/α-hetero) is 1. The molecule has 1 unspecified atom stereocenters. The molecule has 0 aromatic heterocycles. The maximum atomic E-state index is 12.5. The van der Waals surface area contributed by atoms with Crippen molar-refractivity contribution in [2.45, 2.75) is 24.5 Å². The fourth-order valence-electron chi connectivity index (χ4n) is 1.34. The quantitative estimate of drug-likeness (QED) is 0.590. The molecule has 2 nitrogen and oxygen atoms in total. The molecule has 0 N–H and O–H groups in total. The minimum absolute atomic E-state index is 0.289. The Kier molecular flexibility index (Phi) is 4.89. The Bertz CT molecular complexity index is 473. The molecule has 1 atom stereocenters. The number of rotatable bonds is 4. The Balaban J connectivity index is 3.26. The van der Waals surface area contributed by atoms with E-state index in [2.05, 4.69) is 20.7 Å². The topological polar surface area (TPSA) is 26.3 Å².